The van der Waals surface area contributed by atoms with Crippen molar-refractivity contribution < 1.29 is 9.53 Å². The van der Waals surface area contributed by atoms with Gasteiger partial charge in [-0.05, 0) is 30.2 Å². The zero-order chi connectivity index (χ0) is 20.3. The predicted molar refractivity (Wildman–Crippen MR) is 114 cm³/mol. The first-order valence-corrected chi connectivity index (χ1v) is 10.1. The van der Waals surface area contributed by atoms with Gasteiger partial charge in [0.1, 0.15) is 5.82 Å². The molecular formula is C21H23N7O2. The van der Waals surface area contributed by atoms with Crippen LogP contribution in [0.1, 0.15) is 22.5 Å². The lowest BCUT2D eigenvalue weighted by molar-refractivity contribution is 0.112. The second-order valence-electron chi connectivity index (χ2n) is 7.30. The first-order valence-electron chi connectivity index (χ1n) is 10.1. The van der Waals surface area contributed by atoms with Crippen molar-refractivity contribution in [2.45, 2.75) is 6.42 Å². The normalized spacial score (nSPS) is 17.1. The van der Waals surface area contributed by atoms with Gasteiger partial charge in [-0.2, -0.15) is 0 Å². The Morgan fingerprint density at radius 2 is 2.07 bits per heavy atom. The van der Waals surface area contributed by atoms with E-state index in [1.54, 1.807) is 10.7 Å². The first-order chi connectivity index (χ1) is 14.8. The van der Waals surface area contributed by atoms with Crippen molar-refractivity contribution in [1.29, 1.82) is 0 Å². The highest BCUT2D eigenvalue weighted by Gasteiger charge is 2.18. The third kappa shape index (κ3) is 3.64. The molecule has 0 amide bonds. The Morgan fingerprint density at radius 1 is 1.17 bits per heavy atom. The molecule has 154 valence electrons. The summed E-state index contributed by atoms with van der Waals surface area (Å²) in [5.74, 6) is 1.09. The third-order valence-electron chi connectivity index (χ3n) is 5.41. The van der Waals surface area contributed by atoms with E-state index in [4.69, 9.17) is 4.74 Å². The van der Waals surface area contributed by atoms with Crippen molar-refractivity contribution in [2.75, 3.05) is 49.6 Å². The Bertz CT molecular complexity index is 1080. The number of nitrogens with one attached hydrogen (secondary N) is 2. The van der Waals surface area contributed by atoms with E-state index in [9.17, 15) is 4.79 Å². The molecule has 9 heteroatoms. The second kappa shape index (κ2) is 8.21. The Hall–Kier alpha value is -3.30. The zero-order valence-electron chi connectivity index (χ0n) is 16.5. The quantitative estimate of drug-likeness (QED) is 0.622. The summed E-state index contributed by atoms with van der Waals surface area (Å²) < 4.78 is 7.17. The summed E-state index contributed by atoms with van der Waals surface area (Å²) in [6.45, 7) is 5.10. The number of ether oxygens (including phenoxy) is 1. The second-order valence-corrected chi connectivity index (χ2v) is 7.30. The number of hydrogen-bond donors (Lipinski definition) is 2. The standard InChI is InChI=1S/C21H23N7O2/c29-14-16-11-18-13-24-21(26-28(18)20(16)15-3-9-30-10-4-15)25-19-2-1-17(12-23-19)27-7-5-22-6-8-27/h1-3,11-14,22H,4-10H2,(H,23,25,26). The van der Waals surface area contributed by atoms with Crippen molar-refractivity contribution in [2.24, 2.45) is 0 Å². The summed E-state index contributed by atoms with van der Waals surface area (Å²) in [7, 11) is 0. The maximum atomic E-state index is 11.6. The number of aromatic nitrogens is 4. The van der Waals surface area contributed by atoms with Crippen LogP contribution in [0.15, 0.2) is 36.7 Å². The monoisotopic (exact) mass is 405 g/mol. The molecule has 0 saturated carbocycles. The molecule has 2 aliphatic heterocycles. The number of anilines is 3. The van der Waals surface area contributed by atoms with Crippen LogP contribution in [0.25, 0.3) is 11.1 Å². The minimum atomic E-state index is 0.423. The van der Waals surface area contributed by atoms with Gasteiger partial charge in [0.05, 0.1) is 42.5 Å². The maximum absolute atomic E-state index is 11.6. The van der Waals surface area contributed by atoms with Crippen LogP contribution in [-0.4, -0.2) is 65.3 Å². The molecule has 0 radical (unpaired) electrons. The van der Waals surface area contributed by atoms with Gasteiger partial charge < -0.3 is 20.3 Å². The number of carbonyl (C=O) groups excluding carboxylic acids is 1. The average molecular weight is 405 g/mol. The van der Waals surface area contributed by atoms with Gasteiger partial charge in [-0.1, -0.05) is 6.08 Å². The highest BCUT2D eigenvalue weighted by molar-refractivity contribution is 5.88. The first kappa shape index (κ1) is 18.7. The van der Waals surface area contributed by atoms with Gasteiger partial charge in [-0.25, -0.2) is 14.5 Å². The number of aldehydes is 1. The molecule has 0 spiro atoms. The van der Waals surface area contributed by atoms with Gasteiger partial charge in [0.15, 0.2) is 6.29 Å². The van der Waals surface area contributed by atoms with Crippen molar-refractivity contribution in [1.82, 2.24) is 24.9 Å². The summed E-state index contributed by atoms with van der Waals surface area (Å²) in [5, 5.41) is 11.1. The lowest BCUT2D eigenvalue weighted by Crippen LogP contribution is -2.43. The summed E-state index contributed by atoms with van der Waals surface area (Å²) in [6, 6.07) is 5.79. The number of piperazine rings is 1. The molecule has 3 aromatic heterocycles. The number of nitrogens with zero attached hydrogens (tertiary/aromatic N) is 5. The Labute approximate surface area is 173 Å². The van der Waals surface area contributed by atoms with Gasteiger partial charge in [-0.3, -0.25) is 4.79 Å². The average Bonchev–Trinajstić information content (AvgIpc) is 3.19. The number of rotatable bonds is 5. The van der Waals surface area contributed by atoms with E-state index in [1.807, 2.05) is 24.4 Å². The molecule has 5 heterocycles. The number of pyridine rings is 1. The lowest BCUT2D eigenvalue weighted by Gasteiger charge is -2.29. The van der Waals surface area contributed by atoms with Gasteiger partial charge in [0.2, 0.25) is 5.95 Å². The van der Waals surface area contributed by atoms with Crippen LogP contribution < -0.4 is 15.5 Å². The minimum absolute atomic E-state index is 0.423. The van der Waals surface area contributed by atoms with Crippen molar-refractivity contribution >= 4 is 34.8 Å². The van der Waals surface area contributed by atoms with Crippen molar-refractivity contribution in [3.63, 3.8) is 0 Å². The van der Waals surface area contributed by atoms with Crippen LogP contribution in [0.2, 0.25) is 0 Å². The van der Waals surface area contributed by atoms with E-state index in [2.05, 4.69) is 36.7 Å². The third-order valence-corrected chi connectivity index (χ3v) is 5.41. The van der Waals surface area contributed by atoms with Gasteiger partial charge >= 0.3 is 0 Å². The molecule has 30 heavy (non-hydrogen) atoms. The van der Waals surface area contributed by atoms with Crippen molar-refractivity contribution in [3.8, 4) is 0 Å². The smallest absolute Gasteiger partial charge is 0.246 e. The minimum Gasteiger partial charge on any atom is -0.377 e. The molecular weight excluding hydrogens is 382 g/mol. The molecule has 3 aromatic rings. The summed E-state index contributed by atoms with van der Waals surface area (Å²) >= 11 is 0. The molecule has 1 saturated heterocycles. The van der Waals surface area contributed by atoms with Crippen LogP contribution in [0.3, 0.4) is 0 Å². The molecule has 5 rings (SSSR count). The van der Waals surface area contributed by atoms with E-state index in [0.717, 1.165) is 61.4 Å². The lowest BCUT2D eigenvalue weighted by atomic mass is 10.0. The molecule has 0 aromatic carbocycles. The van der Waals surface area contributed by atoms with E-state index < -0.39 is 0 Å². The molecule has 9 nitrogen and oxygen atoms in total. The molecule has 0 atom stereocenters. The van der Waals surface area contributed by atoms with Crippen molar-refractivity contribution in [3.05, 3.63) is 47.9 Å². The fraction of sp³-hybridized carbons (Fsp3) is 0.333. The van der Waals surface area contributed by atoms with E-state index >= 15 is 0 Å². The Morgan fingerprint density at radius 3 is 2.80 bits per heavy atom. The van der Waals surface area contributed by atoms with E-state index in [-0.39, 0.29) is 0 Å². The summed E-state index contributed by atoms with van der Waals surface area (Å²) in [6.07, 6.45) is 7.19. The van der Waals surface area contributed by atoms with Gasteiger partial charge in [-0.15, -0.1) is 5.10 Å². The Kier molecular flexibility index (Phi) is 5.12. The number of fused-ring (bicyclic) bond motifs is 1. The molecule has 2 N–H and O–H groups in total. The Balaban J connectivity index is 1.42. The fourth-order valence-corrected chi connectivity index (χ4v) is 3.88. The van der Waals surface area contributed by atoms with E-state index in [0.29, 0.717) is 30.5 Å². The maximum Gasteiger partial charge on any atom is 0.246 e. The summed E-state index contributed by atoms with van der Waals surface area (Å²) in [5.41, 5.74) is 4.34. The largest absolute Gasteiger partial charge is 0.377 e. The SMILES string of the molecule is O=Cc1cc2cnc(Nc3ccc(N4CCNCC4)cn3)nn2c1C1=CCOCC1. The van der Waals surface area contributed by atoms with Crippen LogP contribution in [0.4, 0.5) is 17.5 Å². The van der Waals surface area contributed by atoms with Crippen LogP contribution in [-0.2, 0) is 4.74 Å². The number of carbonyl (C=O) groups is 1. The van der Waals surface area contributed by atoms with Gasteiger partial charge in [0, 0.05) is 31.7 Å². The molecule has 1 fully saturated rings. The predicted octanol–water partition coefficient (Wildman–Crippen LogP) is 1.89. The van der Waals surface area contributed by atoms with E-state index in [1.165, 1.54) is 0 Å². The highest BCUT2D eigenvalue weighted by Crippen LogP contribution is 2.27. The van der Waals surface area contributed by atoms with Crippen LogP contribution >= 0.6 is 0 Å². The van der Waals surface area contributed by atoms with Gasteiger partial charge in [0.25, 0.3) is 0 Å². The highest BCUT2D eigenvalue weighted by atomic mass is 16.5. The number of hydrogen-bond acceptors (Lipinski definition) is 8. The topological polar surface area (TPSA) is 96.7 Å². The zero-order valence-corrected chi connectivity index (χ0v) is 16.5. The molecule has 2 aliphatic rings. The molecule has 0 aliphatic carbocycles. The summed E-state index contributed by atoms with van der Waals surface area (Å²) in [4.78, 5) is 22.8. The van der Waals surface area contributed by atoms with Crippen LogP contribution in [0, 0.1) is 0 Å². The molecule has 0 unspecified atom stereocenters. The fourth-order valence-electron chi connectivity index (χ4n) is 3.88. The molecule has 0 bridgehead atoms. The van der Waals surface area contributed by atoms with Crippen LogP contribution in [0.5, 0.6) is 0 Å².